The molecule has 0 bridgehead atoms. The molecule has 25 heavy (non-hydrogen) atoms. The van der Waals surface area contributed by atoms with Gasteiger partial charge in [-0.2, -0.15) is 0 Å². The molecule has 0 amide bonds. The summed E-state index contributed by atoms with van der Waals surface area (Å²) in [6, 6.07) is 35.8. The van der Waals surface area contributed by atoms with E-state index in [0.717, 1.165) is 11.0 Å². The quantitative estimate of drug-likeness (QED) is 0.439. The largest absolute Gasteiger partial charge is 0.113 e. The van der Waals surface area contributed by atoms with Crippen LogP contribution in [-0.2, 0) is 0 Å². The highest BCUT2D eigenvalue weighted by molar-refractivity contribution is 6.32. The first-order chi connectivity index (χ1) is 12.3. The lowest BCUT2D eigenvalue weighted by molar-refractivity contribution is 1.58. The standard InChI is InChI=1S/C24H17B/c25-24-11-5-10-23(17-24)22-9-4-8-21(16-22)20-14-12-19(13-15-20)18-6-2-1-3-7-18/h1-17H. The van der Waals surface area contributed by atoms with Crippen LogP contribution in [0.4, 0.5) is 0 Å². The van der Waals surface area contributed by atoms with Gasteiger partial charge >= 0.3 is 0 Å². The van der Waals surface area contributed by atoms with Gasteiger partial charge in [0.1, 0.15) is 7.85 Å². The molecule has 0 spiro atoms. The number of hydrogen-bond donors (Lipinski definition) is 0. The van der Waals surface area contributed by atoms with Crippen LogP contribution in [0, 0.1) is 0 Å². The lowest BCUT2D eigenvalue weighted by Gasteiger charge is -2.08. The first-order valence-corrected chi connectivity index (χ1v) is 8.41. The zero-order valence-electron chi connectivity index (χ0n) is 13.9. The lowest BCUT2D eigenvalue weighted by Crippen LogP contribution is -2.00. The van der Waals surface area contributed by atoms with Gasteiger partial charge in [0.25, 0.3) is 0 Å². The molecule has 0 saturated carbocycles. The normalized spacial score (nSPS) is 10.6. The van der Waals surface area contributed by atoms with E-state index in [1.165, 1.54) is 27.8 Å². The van der Waals surface area contributed by atoms with Crippen molar-refractivity contribution in [3.63, 3.8) is 0 Å². The molecule has 0 aromatic heterocycles. The minimum absolute atomic E-state index is 0.787. The molecule has 4 rings (SSSR count). The zero-order valence-corrected chi connectivity index (χ0v) is 13.9. The smallest absolute Gasteiger partial charge is 0.0961 e. The lowest BCUT2D eigenvalue weighted by atomic mass is 9.91. The van der Waals surface area contributed by atoms with Gasteiger partial charge in [-0.3, -0.25) is 0 Å². The maximum Gasteiger partial charge on any atom is 0.113 e. The molecule has 0 nitrogen and oxygen atoms in total. The van der Waals surface area contributed by atoms with Crippen molar-refractivity contribution in [3.8, 4) is 33.4 Å². The summed E-state index contributed by atoms with van der Waals surface area (Å²) in [7, 11) is 5.92. The van der Waals surface area contributed by atoms with Crippen molar-refractivity contribution in [2.24, 2.45) is 0 Å². The van der Waals surface area contributed by atoms with Gasteiger partial charge < -0.3 is 0 Å². The van der Waals surface area contributed by atoms with E-state index in [2.05, 4.69) is 78.9 Å². The van der Waals surface area contributed by atoms with Crippen molar-refractivity contribution in [1.82, 2.24) is 0 Å². The zero-order chi connectivity index (χ0) is 17.1. The molecule has 0 fully saturated rings. The van der Waals surface area contributed by atoms with Crippen molar-refractivity contribution in [1.29, 1.82) is 0 Å². The van der Waals surface area contributed by atoms with Crippen molar-refractivity contribution >= 4 is 13.3 Å². The Kier molecular flexibility index (Phi) is 4.22. The molecular weight excluding hydrogens is 299 g/mol. The van der Waals surface area contributed by atoms with Crippen LogP contribution in [0.3, 0.4) is 0 Å². The summed E-state index contributed by atoms with van der Waals surface area (Å²) < 4.78 is 0. The Hall–Kier alpha value is -3.06. The van der Waals surface area contributed by atoms with Gasteiger partial charge in [-0.1, -0.05) is 103 Å². The summed E-state index contributed by atoms with van der Waals surface area (Å²) in [5.74, 6) is 0. The summed E-state index contributed by atoms with van der Waals surface area (Å²) in [5.41, 5.74) is 8.00. The van der Waals surface area contributed by atoms with Crippen LogP contribution in [0.1, 0.15) is 0 Å². The second kappa shape index (κ2) is 6.82. The average molecular weight is 316 g/mol. The Morgan fingerprint density at radius 3 is 1.44 bits per heavy atom. The van der Waals surface area contributed by atoms with Crippen LogP contribution >= 0.6 is 0 Å². The molecule has 0 aliphatic heterocycles. The van der Waals surface area contributed by atoms with E-state index in [4.69, 9.17) is 7.85 Å². The van der Waals surface area contributed by atoms with Gasteiger partial charge in [0, 0.05) is 0 Å². The van der Waals surface area contributed by atoms with E-state index in [1.54, 1.807) is 0 Å². The Balaban J connectivity index is 1.67. The number of benzene rings is 4. The van der Waals surface area contributed by atoms with Crippen LogP contribution < -0.4 is 5.46 Å². The van der Waals surface area contributed by atoms with Crippen molar-refractivity contribution in [2.45, 2.75) is 0 Å². The van der Waals surface area contributed by atoms with Crippen LogP contribution in [0.25, 0.3) is 33.4 Å². The summed E-state index contributed by atoms with van der Waals surface area (Å²) >= 11 is 0. The maximum atomic E-state index is 5.92. The van der Waals surface area contributed by atoms with Gasteiger partial charge in [-0.05, 0) is 39.4 Å². The van der Waals surface area contributed by atoms with Gasteiger partial charge in [0.2, 0.25) is 0 Å². The Bertz CT molecular complexity index is 986. The minimum Gasteiger partial charge on any atom is -0.0961 e. The molecule has 4 aromatic carbocycles. The van der Waals surface area contributed by atoms with Gasteiger partial charge in [-0.15, -0.1) is 0 Å². The summed E-state index contributed by atoms with van der Waals surface area (Å²) in [6.45, 7) is 0. The minimum atomic E-state index is 0.787. The molecule has 0 atom stereocenters. The summed E-state index contributed by atoms with van der Waals surface area (Å²) in [5, 5.41) is 0. The molecule has 0 N–H and O–H groups in total. The van der Waals surface area contributed by atoms with E-state index in [9.17, 15) is 0 Å². The predicted molar refractivity (Wildman–Crippen MR) is 108 cm³/mol. The van der Waals surface area contributed by atoms with E-state index < -0.39 is 0 Å². The third kappa shape index (κ3) is 3.41. The fourth-order valence-corrected chi connectivity index (χ4v) is 3.08. The molecule has 1 heteroatoms. The molecule has 0 heterocycles. The molecule has 116 valence electrons. The maximum absolute atomic E-state index is 5.92. The van der Waals surface area contributed by atoms with Crippen LogP contribution in [0.15, 0.2) is 103 Å². The van der Waals surface area contributed by atoms with Gasteiger partial charge in [0.05, 0.1) is 0 Å². The topological polar surface area (TPSA) is 0 Å². The monoisotopic (exact) mass is 316 g/mol. The van der Waals surface area contributed by atoms with Gasteiger partial charge in [0.15, 0.2) is 0 Å². The Labute approximate surface area is 150 Å². The van der Waals surface area contributed by atoms with E-state index in [1.807, 2.05) is 24.3 Å². The number of hydrogen-bond acceptors (Lipinski definition) is 0. The highest BCUT2D eigenvalue weighted by Crippen LogP contribution is 2.28. The molecule has 0 aliphatic rings. The highest BCUT2D eigenvalue weighted by atomic mass is 14.1. The third-order valence-corrected chi connectivity index (χ3v) is 4.41. The van der Waals surface area contributed by atoms with Crippen molar-refractivity contribution in [2.75, 3.05) is 0 Å². The second-order valence-electron chi connectivity index (χ2n) is 6.15. The predicted octanol–water partition coefficient (Wildman–Crippen LogP) is 5.48. The van der Waals surface area contributed by atoms with E-state index in [-0.39, 0.29) is 0 Å². The fourth-order valence-electron chi connectivity index (χ4n) is 3.08. The molecule has 2 radical (unpaired) electrons. The molecule has 0 aliphatic carbocycles. The summed E-state index contributed by atoms with van der Waals surface area (Å²) in [6.07, 6.45) is 0. The molecule has 0 saturated heterocycles. The third-order valence-electron chi connectivity index (χ3n) is 4.41. The van der Waals surface area contributed by atoms with Crippen LogP contribution in [-0.4, -0.2) is 7.85 Å². The summed E-state index contributed by atoms with van der Waals surface area (Å²) in [4.78, 5) is 0. The first-order valence-electron chi connectivity index (χ1n) is 8.41. The Morgan fingerprint density at radius 2 is 0.800 bits per heavy atom. The van der Waals surface area contributed by atoms with Crippen LogP contribution in [0.5, 0.6) is 0 Å². The second-order valence-corrected chi connectivity index (χ2v) is 6.15. The molecule has 0 unspecified atom stereocenters. The Morgan fingerprint density at radius 1 is 0.360 bits per heavy atom. The highest BCUT2D eigenvalue weighted by Gasteiger charge is 2.03. The molecular formula is C24H17B. The van der Waals surface area contributed by atoms with Crippen molar-refractivity contribution < 1.29 is 0 Å². The molecule has 4 aromatic rings. The van der Waals surface area contributed by atoms with Crippen molar-refractivity contribution in [3.05, 3.63) is 103 Å². The van der Waals surface area contributed by atoms with E-state index >= 15 is 0 Å². The SMILES string of the molecule is [B]c1cccc(-c2cccc(-c3ccc(-c4ccccc4)cc3)c2)c1. The fraction of sp³-hybridized carbons (Fsp3) is 0. The first kappa shape index (κ1) is 15.5. The average Bonchev–Trinajstić information content (AvgIpc) is 2.69. The van der Waals surface area contributed by atoms with Gasteiger partial charge in [-0.25, -0.2) is 0 Å². The van der Waals surface area contributed by atoms with E-state index in [0.29, 0.717) is 0 Å². The number of rotatable bonds is 3. The van der Waals surface area contributed by atoms with Crippen LogP contribution in [0.2, 0.25) is 0 Å².